The molecule has 1 aliphatic rings. The third-order valence-corrected chi connectivity index (χ3v) is 5.70. The van der Waals surface area contributed by atoms with Gasteiger partial charge in [-0.3, -0.25) is 4.79 Å². The first-order chi connectivity index (χ1) is 9.81. The number of nitrogens with one attached hydrogen (secondary N) is 1. The SMILES string of the molecule is CCC(C)c1ccc(S(=O)(=O)NCC2(C(=O)O)CC2)cc1. The van der Waals surface area contributed by atoms with Crippen molar-refractivity contribution < 1.29 is 18.3 Å². The lowest BCUT2D eigenvalue weighted by Gasteiger charge is -2.13. The maximum Gasteiger partial charge on any atom is 0.310 e. The maximum atomic E-state index is 12.2. The predicted molar refractivity (Wildman–Crippen MR) is 79.6 cm³/mol. The summed E-state index contributed by atoms with van der Waals surface area (Å²) in [5.41, 5.74) is 0.199. The molecule has 0 amide bonds. The third-order valence-electron chi connectivity index (χ3n) is 4.28. The van der Waals surface area contributed by atoms with Gasteiger partial charge in [0.15, 0.2) is 0 Å². The molecule has 0 aromatic heterocycles. The third kappa shape index (κ3) is 3.44. The Balaban J connectivity index is 2.07. The molecule has 1 atom stereocenters. The molecule has 2 N–H and O–H groups in total. The van der Waals surface area contributed by atoms with Crippen LogP contribution in [0.1, 0.15) is 44.6 Å². The van der Waals surface area contributed by atoms with Gasteiger partial charge in [0, 0.05) is 6.54 Å². The van der Waals surface area contributed by atoms with Crippen LogP contribution in [0.5, 0.6) is 0 Å². The first-order valence-corrected chi connectivity index (χ1v) is 8.62. The number of carboxylic acid groups (broad SMARTS) is 1. The van der Waals surface area contributed by atoms with Gasteiger partial charge >= 0.3 is 5.97 Å². The minimum Gasteiger partial charge on any atom is -0.481 e. The Labute approximate surface area is 125 Å². The summed E-state index contributed by atoms with van der Waals surface area (Å²) < 4.78 is 26.8. The molecule has 21 heavy (non-hydrogen) atoms. The van der Waals surface area contributed by atoms with Gasteiger partial charge in [0.05, 0.1) is 10.3 Å². The van der Waals surface area contributed by atoms with Crippen LogP contribution in [0.25, 0.3) is 0 Å². The largest absolute Gasteiger partial charge is 0.481 e. The minimum atomic E-state index is -3.65. The van der Waals surface area contributed by atoms with E-state index < -0.39 is 21.4 Å². The number of sulfonamides is 1. The Morgan fingerprint density at radius 1 is 1.33 bits per heavy atom. The van der Waals surface area contributed by atoms with E-state index in [9.17, 15) is 13.2 Å². The zero-order chi connectivity index (χ0) is 15.7. The van der Waals surface area contributed by atoms with Crippen LogP contribution in [0.3, 0.4) is 0 Å². The Bertz CT molecular complexity index is 618. The van der Waals surface area contributed by atoms with Crippen molar-refractivity contribution in [2.45, 2.75) is 43.9 Å². The van der Waals surface area contributed by atoms with Crippen LogP contribution in [-0.4, -0.2) is 26.0 Å². The second-order valence-corrected chi connectivity index (χ2v) is 7.56. The topological polar surface area (TPSA) is 83.5 Å². The molecule has 116 valence electrons. The number of benzene rings is 1. The van der Waals surface area contributed by atoms with E-state index in [0.717, 1.165) is 12.0 Å². The number of hydrogen-bond acceptors (Lipinski definition) is 3. The Morgan fingerprint density at radius 3 is 2.33 bits per heavy atom. The van der Waals surface area contributed by atoms with Crippen molar-refractivity contribution >= 4 is 16.0 Å². The van der Waals surface area contributed by atoms with E-state index in [2.05, 4.69) is 18.6 Å². The van der Waals surface area contributed by atoms with Gasteiger partial charge in [-0.05, 0) is 42.9 Å². The van der Waals surface area contributed by atoms with Gasteiger partial charge in [-0.2, -0.15) is 0 Å². The van der Waals surface area contributed by atoms with Crippen LogP contribution in [0, 0.1) is 5.41 Å². The average Bonchev–Trinajstić information content (AvgIpc) is 3.26. The molecule has 0 radical (unpaired) electrons. The van der Waals surface area contributed by atoms with E-state index in [1.165, 1.54) is 0 Å². The summed E-state index contributed by atoms with van der Waals surface area (Å²) in [7, 11) is -3.65. The number of hydrogen-bond donors (Lipinski definition) is 2. The first-order valence-electron chi connectivity index (χ1n) is 7.14. The summed E-state index contributed by atoms with van der Waals surface area (Å²) in [6.45, 7) is 4.13. The molecule has 0 bridgehead atoms. The fourth-order valence-corrected chi connectivity index (χ4v) is 3.27. The lowest BCUT2D eigenvalue weighted by atomic mass is 9.99. The van der Waals surface area contributed by atoms with E-state index in [1.54, 1.807) is 12.1 Å². The van der Waals surface area contributed by atoms with Gasteiger partial charge in [0.25, 0.3) is 0 Å². The lowest BCUT2D eigenvalue weighted by Crippen LogP contribution is -2.34. The first kappa shape index (κ1) is 16.0. The lowest BCUT2D eigenvalue weighted by molar-refractivity contribution is -0.143. The number of rotatable bonds is 7. The van der Waals surface area contributed by atoms with E-state index in [1.807, 2.05) is 12.1 Å². The quantitative estimate of drug-likeness (QED) is 0.809. The predicted octanol–water partition coefficient (Wildman–Crippen LogP) is 2.34. The van der Waals surface area contributed by atoms with Crippen molar-refractivity contribution in [1.29, 1.82) is 0 Å². The van der Waals surface area contributed by atoms with Gasteiger partial charge < -0.3 is 5.11 Å². The molecule has 1 aromatic carbocycles. The molecule has 1 unspecified atom stereocenters. The van der Waals surface area contributed by atoms with Crippen LogP contribution < -0.4 is 4.72 Å². The molecule has 2 rings (SSSR count). The number of carbonyl (C=O) groups is 1. The molecule has 5 nitrogen and oxygen atoms in total. The summed E-state index contributed by atoms with van der Waals surface area (Å²) >= 11 is 0. The fraction of sp³-hybridized carbons (Fsp3) is 0.533. The van der Waals surface area contributed by atoms with Gasteiger partial charge in [-0.15, -0.1) is 0 Å². The molecule has 6 heteroatoms. The summed E-state index contributed by atoms with van der Waals surface area (Å²) in [5, 5.41) is 9.06. The molecule has 0 aliphatic heterocycles. The zero-order valence-corrected chi connectivity index (χ0v) is 13.1. The minimum absolute atomic E-state index is 0.0439. The average molecular weight is 311 g/mol. The van der Waals surface area contributed by atoms with E-state index in [0.29, 0.717) is 18.8 Å². The van der Waals surface area contributed by atoms with Crippen molar-refractivity contribution in [1.82, 2.24) is 4.72 Å². The molecule has 1 aliphatic carbocycles. The molecule has 1 fully saturated rings. The normalized spacial score (nSPS) is 18.2. The highest BCUT2D eigenvalue weighted by Gasteiger charge is 2.50. The van der Waals surface area contributed by atoms with E-state index >= 15 is 0 Å². The van der Waals surface area contributed by atoms with Crippen LogP contribution in [0.2, 0.25) is 0 Å². The highest BCUT2D eigenvalue weighted by molar-refractivity contribution is 7.89. The monoisotopic (exact) mass is 311 g/mol. The second kappa shape index (κ2) is 5.77. The second-order valence-electron chi connectivity index (χ2n) is 5.79. The molecular weight excluding hydrogens is 290 g/mol. The summed E-state index contributed by atoms with van der Waals surface area (Å²) in [5.74, 6) is -0.547. The molecular formula is C15H21NO4S. The number of carboxylic acids is 1. The summed E-state index contributed by atoms with van der Waals surface area (Å²) in [6, 6.07) is 6.77. The van der Waals surface area contributed by atoms with Gasteiger partial charge in [0.1, 0.15) is 0 Å². The van der Waals surface area contributed by atoms with Gasteiger partial charge in [-0.1, -0.05) is 26.0 Å². The van der Waals surface area contributed by atoms with Crippen LogP contribution >= 0.6 is 0 Å². The number of aliphatic carboxylic acids is 1. The molecule has 0 spiro atoms. The van der Waals surface area contributed by atoms with Gasteiger partial charge in [0.2, 0.25) is 10.0 Å². The Morgan fingerprint density at radius 2 is 1.90 bits per heavy atom. The molecule has 0 heterocycles. The highest BCUT2D eigenvalue weighted by atomic mass is 32.2. The van der Waals surface area contributed by atoms with Crippen molar-refractivity contribution in [2.75, 3.05) is 6.54 Å². The van der Waals surface area contributed by atoms with E-state index in [4.69, 9.17) is 5.11 Å². The van der Waals surface area contributed by atoms with Crippen molar-refractivity contribution in [2.24, 2.45) is 5.41 Å². The Kier molecular flexibility index (Phi) is 4.39. The smallest absolute Gasteiger partial charge is 0.310 e. The van der Waals surface area contributed by atoms with E-state index in [-0.39, 0.29) is 11.4 Å². The van der Waals surface area contributed by atoms with Gasteiger partial charge in [-0.25, -0.2) is 13.1 Å². The Hall–Kier alpha value is -1.40. The van der Waals surface area contributed by atoms with Crippen LogP contribution in [0.4, 0.5) is 0 Å². The van der Waals surface area contributed by atoms with Crippen molar-refractivity contribution in [3.05, 3.63) is 29.8 Å². The van der Waals surface area contributed by atoms with Crippen LogP contribution in [0.15, 0.2) is 29.2 Å². The van der Waals surface area contributed by atoms with Crippen molar-refractivity contribution in [3.8, 4) is 0 Å². The highest BCUT2D eigenvalue weighted by Crippen LogP contribution is 2.45. The molecule has 1 saturated carbocycles. The fourth-order valence-electron chi connectivity index (χ4n) is 2.14. The van der Waals surface area contributed by atoms with Crippen LogP contribution in [-0.2, 0) is 14.8 Å². The van der Waals surface area contributed by atoms with Crippen molar-refractivity contribution in [3.63, 3.8) is 0 Å². The molecule has 0 saturated heterocycles. The maximum absolute atomic E-state index is 12.2. The zero-order valence-electron chi connectivity index (χ0n) is 12.3. The summed E-state index contributed by atoms with van der Waals surface area (Å²) in [6.07, 6.45) is 2.04. The standard InChI is InChI=1S/C15H21NO4S/c1-3-11(2)12-4-6-13(7-5-12)21(19,20)16-10-15(8-9-15)14(17)18/h4-7,11,16H,3,8-10H2,1-2H3,(H,17,18). The summed E-state index contributed by atoms with van der Waals surface area (Å²) in [4.78, 5) is 11.2. The molecule has 1 aromatic rings.